The molecule has 36 heavy (non-hydrogen) atoms. The third kappa shape index (κ3) is 5.69. The Hall–Kier alpha value is -4.24. The number of aromatic nitrogens is 1. The summed E-state index contributed by atoms with van der Waals surface area (Å²) in [5.74, 6) is -0.375. The summed E-state index contributed by atoms with van der Waals surface area (Å²) in [6, 6.07) is 16.2. The molecule has 0 unspecified atom stereocenters. The average molecular weight is 488 g/mol. The normalized spacial score (nSPS) is 12.1. The first-order valence-corrected chi connectivity index (χ1v) is 11.7. The molecule has 4 N–H and O–H groups in total. The maximum absolute atomic E-state index is 12.1. The fraction of sp³-hybridized carbons (Fsp3) is 0.259. The Morgan fingerprint density at radius 2 is 1.72 bits per heavy atom. The van der Waals surface area contributed by atoms with Crippen LogP contribution in [-0.2, 0) is 11.2 Å². The van der Waals surface area contributed by atoms with Gasteiger partial charge < -0.3 is 26.0 Å². The van der Waals surface area contributed by atoms with E-state index in [9.17, 15) is 19.5 Å². The van der Waals surface area contributed by atoms with Crippen LogP contribution < -0.4 is 26.8 Å². The zero-order chi connectivity index (χ0) is 25.7. The number of aliphatic carboxylic acids is 1. The lowest BCUT2D eigenvalue weighted by Crippen LogP contribution is -2.42. The Morgan fingerprint density at radius 3 is 2.44 bits per heavy atom. The van der Waals surface area contributed by atoms with Gasteiger partial charge >= 0.3 is 5.97 Å². The summed E-state index contributed by atoms with van der Waals surface area (Å²) >= 11 is 0. The molecule has 1 aromatic heterocycles. The minimum absolute atomic E-state index is 0.0394. The van der Waals surface area contributed by atoms with E-state index in [2.05, 4.69) is 20.9 Å². The third-order valence-corrected chi connectivity index (χ3v) is 5.94. The van der Waals surface area contributed by atoms with Gasteiger partial charge in [0.05, 0.1) is 0 Å². The summed E-state index contributed by atoms with van der Waals surface area (Å²) in [6.07, 6.45) is 2.66. The van der Waals surface area contributed by atoms with Crippen molar-refractivity contribution in [2.75, 3.05) is 43.1 Å². The van der Waals surface area contributed by atoms with Gasteiger partial charge in [-0.1, -0.05) is 36.4 Å². The van der Waals surface area contributed by atoms with E-state index in [-0.39, 0.29) is 17.8 Å². The SMILES string of the molecule is CN(C)CCCNc1c(N[C@@H](Cc2ccc(Nc3nccc4ccccc34)cc2)C(=O)O)c(=O)c1=O. The molecule has 0 saturated heterocycles. The van der Waals surface area contributed by atoms with Crippen molar-refractivity contribution in [3.05, 3.63) is 86.8 Å². The molecular formula is C27H29N5O4. The van der Waals surface area contributed by atoms with Crippen LogP contribution in [0.25, 0.3) is 10.8 Å². The van der Waals surface area contributed by atoms with Gasteiger partial charge in [0.15, 0.2) is 0 Å². The van der Waals surface area contributed by atoms with E-state index in [1.807, 2.05) is 73.6 Å². The van der Waals surface area contributed by atoms with E-state index in [4.69, 9.17) is 0 Å². The quantitative estimate of drug-likeness (QED) is 0.176. The molecule has 9 nitrogen and oxygen atoms in total. The highest BCUT2D eigenvalue weighted by molar-refractivity contribution is 5.93. The minimum Gasteiger partial charge on any atom is -0.480 e. The molecule has 4 aromatic rings. The summed E-state index contributed by atoms with van der Waals surface area (Å²) in [5.41, 5.74) is 0.465. The first-order chi connectivity index (χ1) is 17.3. The summed E-state index contributed by atoms with van der Waals surface area (Å²) in [5, 5.41) is 20.9. The predicted molar refractivity (Wildman–Crippen MR) is 143 cm³/mol. The van der Waals surface area contributed by atoms with Crippen molar-refractivity contribution in [3.8, 4) is 0 Å². The maximum Gasteiger partial charge on any atom is 0.326 e. The molecule has 1 atom stereocenters. The highest BCUT2D eigenvalue weighted by atomic mass is 16.4. The first kappa shape index (κ1) is 24.9. The molecule has 0 spiro atoms. The van der Waals surface area contributed by atoms with Gasteiger partial charge in [0.1, 0.15) is 23.2 Å². The Bertz CT molecular complexity index is 1420. The molecule has 186 valence electrons. The van der Waals surface area contributed by atoms with Gasteiger partial charge in [-0.3, -0.25) is 9.59 Å². The molecule has 0 fully saturated rings. The Labute approximate surface area is 208 Å². The van der Waals surface area contributed by atoms with Gasteiger partial charge in [0.25, 0.3) is 10.9 Å². The number of carboxylic acid groups (broad SMARTS) is 1. The van der Waals surface area contributed by atoms with E-state index in [1.165, 1.54) is 0 Å². The van der Waals surface area contributed by atoms with Crippen molar-refractivity contribution < 1.29 is 9.90 Å². The molecule has 3 aromatic carbocycles. The maximum atomic E-state index is 12.1. The number of anilines is 4. The summed E-state index contributed by atoms with van der Waals surface area (Å²) in [7, 11) is 3.90. The number of nitrogens with one attached hydrogen (secondary N) is 3. The van der Waals surface area contributed by atoms with Crippen LogP contribution >= 0.6 is 0 Å². The molecule has 0 aliphatic rings. The van der Waals surface area contributed by atoms with Crippen LogP contribution in [0.15, 0.2) is 70.4 Å². The van der Waals surface area contributed by atoms with Gasteiger partial charge in [0, 0.05) is 30.2 Å². The predicted octanol–water partition coefficient (Wildman–Crippen LogP) is 3.05. The fourth-order valence-electron chi connectivity index (χ4n) is 4.00. The Morgan fingerprint density at radius 1 is 1.00 bits per heavy atom. The van der Waals surface area contributed by atoms with Crippen LogP contribution in [-0.4, -0.2) is 54.2 Å². The van der Waals surface area contributed by atoms with Crippen molar-refractivity contribution in [2.24, 2.45) is 0 Å². The van der Waals surface area contributed by atoms with Crippen LogP contribution in [0.2, 0.25) is 0 Å². The van der Waals surface area contributed by atoms with Gasteiger partial charge in [-0.25, -0.2) is 9.78 Å². The Kier molecular flexibility index (Phi) is 7.60. The van der Waals surface area contributed by atoms with Gasteiger partial charge in [-0.15, -0.1) is 0 Å². The zero-order valence-electron chi connectivity index (χ0n) is 20.2. The first-order valence-electron chi connectivity index (χ1n) is 11.7. The molecule has 0 bridgehead atoms. The molecular weight excluding hydrogens is 458 g/mol. The van der Waals surface area contributed by atoms with Gasteiger partial charge in [-0.05, 0) is 56.2 Å². The fourth-order valence-corrected chi connectivity index (χ4v) is 4.00. The van der Waals surface area contributed by atoms with Crippen LogP contribution in [0.3, 0.4) is 0 Å². The van der Waals surface area contributed by atoms with E-state index in [1.54, 1.807) is 6.20 Å². The lowest BCUT2D eigenvalue weighted by atomic mass is 10.0. The second-order valence-electron chi connectivity index (χ2n) is 8.93. The molecule has 0 aliphatic heterocycles. The van der Waals surface area contributed by atoms with Gasteiger partial charge in [-0.2, -0.15) is 0 Å². The largest absolute Gasteiger partial charge is 0.480 e. The van der Waals surface area contributed by atoms with Gasteiger partial charge in [0.2, 0.25) is 0 Å². The van der Waals surface area contributed by atoms with E-state index in [0.717, 1.165) is 40.8 Å². The van der Waals surface area contributed by atoms with Crippen molar-refractivity contribution >= 4 is 39.6 Å². The molecule has 0 amide bonds. The van der Waals surface area contributed by atoms with Crippen LogP contribution in [0, 0.1) is 0 Å². The van der Waals surface area contributed by atoms with Crippen molar-refractivity contribution in [1.29, 1.82) is 0 Å². The van der Waals surface area contributed by atoms with Crippen LogP contribution in [0.5, 0.6) is 0 Å². The lowest BCUT2D eigenvalue weighted by molar-refractivity contribution is -0.137. The zero-order valence-corrected chi connectivity index (χ0v) is 20.2. The Balaban J connectivity index is 1.42. The molecule has 4 rings (SSSR count). The third-order valence-electron chi connectivity index (χ3n) is 5.94. The molecule has 0 radical (unpaired) electrons. The lowest BCUT2D eigenvalue weighted by Gasteiger charge is -2.20. The van der Waals surface area contributed by atoms with E-state index >= 15 is 0 Å². The molecule has 0 saturated carbocycles. The highest BCUT2D eigenvalue weighted by Crippen LogP contribution is 2.24. The second kappa shape index (κ2) is 11.0. The number of nitrogens with zero attached hydrogens (tertiary/aromatic N) is 2. The second-order valence-corrected chi connectivity index (χ2v) is 8.93. The van der Waals surface area contributed by atoms with E-state index < -0.39 is 22.9 Å². The highest BCUT2D eigenvalue weighted by Gasteiger charge is 2.26. The number of hydrogen-bond donors (Lipinski definition) is 4. The topological polar surface area (TPSA) is 124 Å². The number of carbonyl (C=O) groups is 1. The number of benzene rings is 2. The number of carboxylic acids is 1. The van der Waals surface area contributed by atoms with Crippen LogP contribution in [0.1, 0.15) is 12.0 Å². The summed E-state index contributed by atoms with van der Waals surface area (Å²) < 4.78 is 0. The van der Waals surface area contributed by atoms with Crippen molar-refractivity contribution in [1.82, 2.24) is 9.88 Å². The summed E-state index contributed by atoms with van der Waals surface area (Å²) in [6.45, 7) is 1.33. The molecule has 0 aliphatic carbocycles. The number of fused-ring (bicyclic) bond motifs is 1. The van der Waals surface area contributed by atoms with Crippen molar-refractivity contribution in [2.45, 2.75) is 18.9 Å². The average Bonchev–Trinajstić information content (AvgIpc) is 2.87. The van der Waals surface area contributed by atoms with Crippen molar-refractivity contribution in [3.63, 3.8) is 0 Å². The van der Waals surface area contributed by atoms with Crippen LogP contribution in [0.4, 0.5) is 22.9 Å². The minimum atomic E-state index is -1.11. The molecule has 1 heterocycles. The standard InChI is InChI=1S/C27H29N5O4/c1-32(2)15-5-13-28-22-23(25(34)24(22)33)31-21(27(35)36)16-17-8-10-19(11-9-17)30-26-20-7-4-3-6-18(20)12-14-29-26/h3-4,6-12,14,21,28,31H,5,13,15-16H2,1-2H3,(H,29,30)(H,35,36)/t21-/m0/s1. The smallest absolute Gasteiger partial charge is 0.326 e. The monoisotopic (exact) mass is 487 g/mol. The summed E-state index contributed by atoms with van der Waals surface area (Å²) in [4.78, 5) is 42.5. The number of rotatable bonds is 12. The molecule has 9 heteroatoms. The van der Waals surface area contributed by atoms with E-state index in [0.29, 0.717) is 6.54 Å². The number of pyridine rings is 1. The number of hydrogen-bond acceptors (Lipinski definition) is 8.